The van der Waals surface area contributed by atoms with E-state index < -0.39 is 37.3 Å². The SMILES string of the molecule is CCC(=O)c1[nH]cc(-c2cn(C3OC(CO)C(O)C(O)C3O)c3cc(Cl)c(Cl)cc23)c1-c1c[nH]c2ccc(Cl)cc12. The highest BCUT2D eigenvalue weighted by atomic mass is 35.5. The first-order valence-corrected chi connectivity index (χ1v) is 14.1. The van der Waals surface area contributed by atoms with Crippen LogP contribution in [0.1, 0.15) is 30.1 Å². The molecule has 1 aliphatic heterocycles. The Morgan fingerprint density at radius 3 is 2.39 bits per heavy atom. The van der Waals surface area contributed by atoms with E-state index in [0.717, 1.165) is 16.5 Å². The van der Waals surface area contributed by atoms with Gasteiger partial charge in [0.15, 0.2) is 12.0 Å². The first-order valence-electron chi connectivity index (χ1n) is 13.0. The lowest BCUT2D eigenvalue weighted by Crippen LogP contribution is -2.56. The van der Waals surface area contributed by atoms with Crippen molar-refractivity contribution in [2.75, 3.05) is 6.61 Å². The predicted molar refractivity (Wildman–Crippen MR) is 158 cm³/mol. The van der Waals surface area contributed by atoms with Crippen LogP contribution < -0.4 is 0 Å². The van der Waals surface area contributed by atoms with Gasteiger partial charge in [-0.3, -0.25) is 4.79 Å². The summed E-state index contributed by atoms with van der Waals surface area (Å²) >= 11 is 19.2. The van der Waals surface area contributed by atoms with E-state index in [9.17, 15) is 25.2 Å². The third kappa shape index (κ3) is 4.57. The lowest BCUT2D eigenvalue weighted by atomic mass is 9.94. The van der Waals surface area contributed by atoms with Gasteiger partial charge in [-0.1, -0.05) is 41.7 Å². The summed E-state index contributed by atoms with van der Waals surface area (Å²) in [6, 6.07) is 8.76. The van der Waals surface area contributed by atoms with Crippen molar-refractivity contribution in [3.63, 3.8) is 0 Å². The number of nitrogens with zero attached hydrogens (tertiary/aromatic N) is 1. The molecule has 9 nitrogen and oxygen atoms in total. The van der Waals surface area contributed by atoms with E-state index in [1.54, 1.807) is 42.1 Å². The number of hydrogen-bond donors (Lipinski definition) is 6. The maximum absolute atomic E-state index is 13.1. The summed E-state index contributed by atoms with van der Waals surface area (Å²) in [5.41, 5.74) is 4.45. The Morgan fingerprint density at radius 2 is 1.66 bits per heavy atom. The van der Waals surface area contributed by atoms with Crippen molar-refractivity contribution in [1.29, 1.82) is 0 Å². The number of halogens is 3. The number of aromatic amines is 2. The molecule has 4 heterocycles. The lowest BCUT2D eigenvalue weighted by Gasteiger charge is -2.40. The average molecular weight is 619 g/mol. The van der Waals surface area contributed by atoms with Gasteiger partial charge in [0.25, 0.3) is 0 Å². The number of benzene rings is 2. The highest BCUT2D eigenvalue weighted by Gasteiger charge is 2.44. The number of aromatic nitrogens is 3. The number of Topliss-reactive ketones (excluding diaryl/α,β-unsaturated/α-hetero) is 1. The molecule has 0 spiro atoms. The molecule has 1 fully saturated rings. The minimum atomic E-state index is -1.58. The molecule has 0 bridgehead atoms. The molecule has 3 aromatic heterocycles. The van der Waals surface area contributed by atoms with Crippen LogP contribution in [0.3, 0.4) is 0 Å². The zero-order valence-electron chi connectivity index (χ0n) is 21.6. The van der Waals surface area contributed by atoms with Gasteiger partial charge in [0, 0.05) is 68.6 Å². The van der Waals surface area contributed by atoms with E-state index in [1.807, 2.05) is 18.3 Å². The van der Waals surface area contributed by atoms with Crippen molar-refractivity contribution >= 4 is 62.4 Å². The molecule has 12 heteroatoms. The molecule has 0 amide bonds. The number of carbonyl (C=O) groups is 1. The number of rotatable bonds is 6. The van der Waals surface area contributed by atoms with Crippen molar-refractivity contribution in [1.82, 2.24) is 14.5 Å². The van der Waals surface area contributed by atoms with Gasteiger partial charge in [0.05, 0.1) is 27.9 Å². The third-order valence-electron chi connectivity index (χ3n) is 7.70. The summed E-state index contributed by atoms with van der Waals surface area (Å²) in [7, 11) is 0. The highest BCUT2D eigenvalue weighted by Crippen LogP contribution is 2.45. The first kappa shape index (κ1) is 28.3. The normalized spacial score (nSPS) is 23.1. The molecular weight excluding hydrogens is 593 g/mol. The highest BCUT2D eigenvalue weighted by molar-refractivity contribution is 6.43. The fourth-order valence-electron chi connectivity index (χ4n) is 5.59. The second-order valence-corrected chi connectivity index (χ2v) is 11.3. The Kier molecular flexibility index (Phi) is 7.42. The summed E-state index contributed by atoms with van der Waals surface area (Å²) in [6.07, 6.45) is -1.41. The zero-order chi connectivity index (χ0) is 29.2. The first-order chi connectivity index (χ1) is 19.6. The number of fused-ring (bicyclic) bond motifs is 2. The minimum absolute atomic E-state index is 0.0959. The smallest absolute Gasteiger partial charge is 0.179 e. The third-order valence-corrected chi connectivity index (χ3v) is 8.66. The van der Waals surface area contributed by atoms with Crippen LogP contribution in [-0.2, 0) is 4.74 Å². The molecule has 2 aromatic carbocycles. The van der Waals surface area contributed by atoms with Gasteiger partial charge in [0.1, 0.15) is 24.4 Å². The van der Waals surface area contributed by atoms with Crippen molar-refractivity contribution < 1.29 is 30.0 Å². The monoisotopic (exact) mass is 617 g/mol. The van der Waals surface area contributed by atoms with Crippen LogP contribution in [0.4, 0.5) is 0 Å². The van der Waals surface area contributed by atoms with Crippen LogP contribution in [-0.4, -0.2) is 71.8 Å². The van der Waals surface area contributed by atoms with E-state index in [4.69, 9.17) is 39.5 Å². The zero-order valence-corrected chi connectivity index (χ0v) is 23.9. The summed E-state index contributed by atoms with van der Waals surface area (Å²) in [5, 5.41) is 44.0. The van der Waals surface area contributed by atoms with E-state index in [0.29, 0.717) is 38.3 Å². The molecule has 0 aliphatic carbocycles. The molecule has 5 aromatic rings. The van der Waals surface area contributed by atoms with E-state index >= 15 is 0 Å². The molecule has 214 valence electrons. The van der Waals surface area contributed by atoms with Crippen LogP contribution in [0.5, 0.6) is 0 Å². The maximum atomic E-state index is 13.1. The number of ether oxygens (including phenoxy) is 1. The maximum Gasteiger partial charge on any atom is 0.179 e. The Hall–Kier alpha value is -2.86. The fraction of sp³-hybridized carbons (Fsp3) is 0.276. The summed E-state index contributed by atoms with van der Waals surface area (Å²) < 4.78 is 7.46. The fourth-order valence-corrected chi connectivity index (χ4v) is 6.09. The van der Waals surface area contributed by atoms with Crippen LogP contribution in [0.25, 0.3) is 44.1 Å². The standard InChI is InChI=1S/C29H26Cl3N3O6/c1-2-22(37)25-24(15-8-33-20-4-3-12(30)5-13(15)20)16(9-34-25)17-10-35(21-7-19(32)18(31)6-14(17)21)29-28(40)27(39)26(38)23(11-36)41-29/h3-10,23,26-29,33-34,36,38-40H,2,11H2,1H3. The molecular formula is C29H26Cl3N3O6. The molecule has 5 atom stereocenters. The Bertz CT molecular complexity index is 1790. The second kappa shape index (κ2) is 10.8. The molecule has 41 heavy (non-hydrogen) atoms. The van der Waals surface area contributed by atoms with Crippen LogP contribution in [0, 0.1) is 0 Å². The van der Waals surface area contributed by atoms with E-state index in [2.05, 4.69) is 9.97 Å². The van der Waals surface area contributed by atoms with Gasteiger partial charge < -0.3 is 39.7 Å². The van der Waals surface area contributed by atoms with Crippen LogP contribution in [0.2, 0.25) is 15.1 Å². The molecule has 1 aliphatic rings. The Labute approximate surface area is 248 Å². The lowest BCUT2D eigenvalue weighted by molar-refractivity contribution is -0.250. The molecule has 6 rings (SSSR count). The van der Waals surface area contributed by atoms with Gasteiger partial charge in [-0.25, -0.2) is 0 Å². The number of ketones is 1. The number of aliphatic hydroxyl groups is 4. The predicted octanol–water partition coefficient (Wildman–Crippen LogP) is 5.31. The summed E-state index contributed by atoms with van der Waals surface area (Å²) in [4.78, 5) is 19.5. The van der Waals surface area contributed by atoms with Crippen molar-refractivity contribution in [2.45, 2.75) is 44.0 Å². The van der Waals surface area contributed by atoms with Gasteiger partial charge >= 0.3 is 0 Å². The van der Waals surface area contributed by atoms with Crippen molar-refractivity contribution in [3.8, 4) is 22.3 Å². The van der Waals surface area contributed by atoms with Crippen molar-refractivity contribution in [3.05, 3.63) is 69.7 Å². The minimum Gasteiger partial charge on any atom is -0.394 e. The van der Waals surface area contributed by atoms with Crippen LogP contribution in [0.15, 0.2) is 48.9 Å². The van der Waals surface area contributed by atoms with E-state index in [1.165, 1.54) is 0 Å². The summed E-state index contributed by atoms with van der Waals surface area (Å²) in [6.45, 7) is 1.21. The number of aliphatic hydroxyl groups excluding tert-OH is 4. The molecule has 1 saturated heterocycles. The number of H-pyrrole nitrogens is 2. The van der Waals surface area contributed by atoms with Gasteiger partial charge in [-0.15, -0.1) is 0 Å². The Morgan fingerprint density at radius 1 is 0.927 bits per heavy atom. The molecule has 0 radical (unpaired) electrons. The van der Waals surface area contributed by atoms with Crippen LogP contribution >= 0.6 is 34.8 Å². The average Bonchev–Trinajstić information content (AvgIpc) is 3.67. The quantitative estimate of drug-likeness (QED) is 0.142. The largest absolute Gasteiger partial charge is 0.394 e. The number of nitrogens with one attached hydrogen (secondary N) is 2. The van der Waals surface area contributed by atoms with Crippen molar-refractivity contribution in [2.24, 2.45) is 0 Å². The topological polar surface area (TPSA) is 144 Å². The van der Waals surface area contributed by atoms with E-state index in [-0.39, 0.29) is 22.2 Å². The van der Waals surface area contributed by atoms with Gasteiger partial charge in [-0.05, 0) is 30.3 Å². The van der Waals surface area contributed by atoms with Gasteiger partial charge in [-0.2, -0.15) is 0 Å². The number of hydrogen-bond acceptors (Lipinski definition) is 6. The molecule has 5 unspecified atom stereocenters. The Balaban J connectivity index is 1.62. The van der Waals surface area contributed by atoms with Gasteiger partial charge in [0.2, 0.25) is 0 Å². The summed E-state index contributed by atoms with van der Waals surface area (Å²) in [5.74, 6) is -0.0959. The molecule has 6 N–H and O–H groups in total. The second-order valence-electron chi connectivity index (χ2n) is 10.1. The molecule has 0 saturated carbocycles. The number of carbonyl (C=O) groups excluding carboxylic acids is 1.